The highest BCUT2D eigenvalue weighted by Crippen LogP contribution is 2.51. The second-order valence-electron chi connectivity index (χ2n) is 5.83. The van der Waals surface area contributed by atoms with Crippen LogP contribution in [0.15, 0.2) is 5.16 Å². The van der Waals surface area contributed by atoms with Gasteiger partial charge in [-0.25, -0.2) is 0 Å². The van der Waals surface area contributed by atoms with E-state index in [1.807, 2.05) is 0 Å². The van der Waals surface area contributed by atoms with Crippen molar-refractivity contribution >= 4 is 17.5 Å². The molecule has 0 amide bonds. The molecule has 2 aliphatic rings. The molecule has 0 bridgehead atoms. The first kappa shape index (κ1) is 13.3. The molecule has 0 aliphatic heterocycles. The Bertz CT molecular complexity index is 284. The molecule has 98 valence electrons. The van der Waals surface area contributed by atoms with Crippen LogP contribution in [0.25, 0.3) is 0 Å². The molecule has 0 aromatic rings. The van der Waals surface area contributed by atoms with Gasteiger partial charge in [0.15, 0.2) is 0 Å². The molecular formula is C14H25NOS. The van der Waals surface area contributed by atoms with E-state index in [2.05, 4.69) is 30.8 Å². The molecule has 2 saturated carbocycles. The largest absolute Gasteiger partial charge is 0.411 e. The molecule has 2 rings (SSSR count). The third-order valence-corrected chi connectivity index (χ3v) is 5.71. The second-order valence-corrected chi connectivity index (χ2v) is 7.46. The maximum Gasteiger partial charge on any atom is 0.0615 e. The lowest BCUT2D eigenvalue weighted by Crippen LogP contribution is -2.28. The smallest absolute Gasteiger partial charge is 0.0615 e. The van der Waals surface area contributed by atoms with Crippen molar-refractivity contribution in [2.75, 3.05) is 5.75 Å². The predicted octanol–water partition coefficient (Wildman–Crippen LogP) is 4.32. The fourth-order valence-corrected chi connectivity index (χ4v) is 4.12. The van der Waals surface area contributed by atoms with Crippen LogP contribution in [0.3, 0.4) is 0 Å². The van der Waals surface area contributed by atoms with E-state index >= 15 is 0 Å². The number of oxime groups is 1. The summed E-state index contributed by atoms with van der Waals surface area (Å²) in [5.41, 5.74) is 1.07. The molecule has 2 nitrogen and oxygen atoms in total. The number of hydrogen-bond acceptors (Lipinski definition) is 3. The zero-order valence-corrected chi connectivity index (χ0v) is 11.9. The first-order chi connectivity index (χ1) is 8.19. The Labute approximate surface area is 109 Å². The molecule has 0 unspecified atom stereocenters. The zero-order valence-electron chi connectivity index (χ0n) is 11.1. The van der Waals surface area contributed by atoms with Crippen LogP contribution in [0, 0.1) is 11.8 Å². The van der Waals surface area contributed by atoms with E-state index in [0.29, 0.717) is 10.7 Å². The standard InChI is InChI=1S/C14H25NOS/c1-3-4-9-17-14(2,12-7-8-12)10-13(15-16)11-5-6-11/h11-12,16H,3-10H2,1-2H3/b15-13+/t14-/m0/s1. The predicted molar refractivity (Wildman–Crippen MR) is 75.1 cm³/mol. The van der Waals surface area contributed by atoms with Crippen molar-refractivity contribution in [2.45, 2.75) is 63.5 Å². The summed E-state index contributed by atoms with van der Waals surface area (Å²) in [7, 11) is 0. The van der Waals surface area contributed by atoms with Crippen molar-refractivity contribution < 1.29 is 5.21 Å². The van der Waals surface area contributed by atoms with E-state index in [-0.39, 0.29) is 0 Å². The molecular weight excluding hydrogens is 230 g/mol. The van der Waals surface area contributed by atoms with Gasteiger partial charge in [0.2, 0.25) is 0 Å². The number of unbranched alkanes of at least 4 members (excludes halogenated alkanes) is 1. The molecule has 17 heavy (non-hydrogen) atoms. The van der Waals surface area contributed by atoms with Crippen molar-refractivity contribution in [3.8, 4) is 0 Å². The van der Waals surface area contributed by atoms with E-state index < -0.39 is 0 Å². The van der Waals surface area contributed by atoms with Crippen LogP contribution < -0.4 is 0 Å². The van der Waals surface area contributed by atoms with Crippen molar-refractivity contribution in [3.05, 3.63) is 0 Å². The van der Waals surface area contributed by atoms with E-state index in [1.165, 1.54) is 44.3 Å². The van der Waals surface area contributed by atoms with Crippen LogP contribution in [0.1, 0.15) is 58.8 Å². The quantitative estimate of drug-likeness (QED) is 0.303. The lowest BCUT2D eigenvalue weighted by molar-refractivity contribution is 0.314. The first-order valence-electron chi connectivity index (χ1n) is 7.04. The number of hydrogen-bond donors (Lipinski definition) is 1. The average molecular weight is 255 g/mol. The van der Waals surface area contributed by atoms with Crippen LogP contribution in [0.4, 0.5) is 0 Å². The Morgan fingerprint density at radius 3 is 2.53 bits per heavy atom. The van der Waals surface area contributed by atoms with Gasteiger partial charge in [-0.1, -0.05) is 18.5 Å². The van der Waals surface area contributed by atoms with Gasteiger partial charge < -0.3 is 5.21 Å². The number of rotatable bonds is 8. The summed E-state index contributed by atoms with van der Waals surface area (Å²) in [6, 6.07) is 0. The van der Waals surface area contributed by atoms with Gasteiger partial charge in [-0.2, -0.15) is 11.8 Å². The molecule has 0 saturated heterocycles. The summed E-state index contributed by atoms with van der Waals surface area (Å²) in [6.07, 6.45) is 8.81. The molecule has 0 radical (unpaired) electrons. The van der Waals surface area contributed by atoms with E-state index in [9.17, 15) is 0 Å². The average Bonchev–Trinajstić information content (AvgIpc) is 3.19. The molecule has 1 atom stereocenters. The molecule has 2 fully saturated rings. The fourth-order valence-electron chi connectivity index (χ4n) is 2.49. The van der Waals surface area contributed by atoms with Crippen LogP contribution in [-0.2, 0) is 0 Å². The Balaban J connectivity index is 1.90. The molecule has 0 aromatic carbocycles. The van der Waals surface area contributed by atoms with Crippen molar-refractivity contribution in [2.24, 2.45) is 17.0 Å². The first-order valence-corrected chi connectivity index (χ1v) is 8.03. The van der Waals surface area contributed by atoms with Gasteiger partial charge in [-0.3, -0.25) is 0 Å². The molecule has 2 aliphatic carbocycles. The van der Waals surface area contributed by atoms with Crippen LogP contribution in [0.2, 0.25) is 0 Å². The van der Waals surface area contributed by atoms with Crippen molar-refractivity contribution in [1.82, 2.24) is 0 Å². The van der Waals surface area contributed by atoms with Crippen molar-refractivity contribution in [1.29, 1.82) is 0 Å². The Hall–Kier alpha value is -0.180. The zero-order chi connectivity index (χ0) is 12.3. The van der Waals surface area contributed by atoms with Crippen LogP contribution in [-0.4, -0.2) is 21.4 Å². The summed E-state index contributed by atoms with van der Waals surface area (Å²) in [6.45, 7) is 4.64. The van der Waals surface area contributed by atoms with E-state index in [1.54, 1.807) is 0 Å². The normalized spacial score (nSPS) is 24.7. The monoisotopic (exact) mass is 255 g/mol. The lowest BCUT2D eigenvalue weighted by Gasteiger charge is -2.29. The minimum atomic E-state index is 0.333. The Morgan fingerprint density at radius 1 is 1.35 bits per heavy atom. The van der Waals surface area contributed by atoms with Gasteiger partial charge in [0.05, 0.1) is 5.71 Å². The minimum absolute atomic E-state index is 0.333. The highest BCUT2D eigenvalue weighted by Gasteiger charge is 2.44. The van der Waals surface area contributed by atoms with Gasteiger partial charge in [0.25, 0.3) is 0 Å². The Kier molecular flexibility index (Phi) is 4.40. The maximum atomic E-state index is 9.15. The topological polar surface area (TPSA) is 32.6 Å². The number of thioether (sulfide) groups is 1. The van der Waals surface area contributed by atoms with Gasteiger partial charge in [-0.15, -0.1) is 0 Å². The second kappa shape index (κ2) is 5.64. The van der Waals surface area contributed by atoms with E-state index in [4.69, 9.17) is 5.21 Å². The highest BCUT2D eigenvalue weighted by molar-refractivity contribution is 8.00. The van der Waals surface area contributed by atoms with Crippen molar-refractivity contribution in [3.63, 3.8) is 0 Å². The lowest BCUT2D eigenvalue weighted by atomic mass is 9.96. The summed E-state index contributed by atoms with van der Waals surface area (Å²) >= 11 is 2.12. The molecule has 0 heterocycles. The minimum Gasteiger partial charge on any atom is -0.411 e. The van der Waals surface area contributed by atoms with Gasteiger partial charge in [-0.05, 0) is 50.7 Å². The van der Waals surface area contributed by atoms with E-state index in [0.717, 1.165) is 18.1 Å². The molecule has 0 spiro atoms. The molecule has 1 N–H and O–H groups in total. The third-order valence-electron chi connectivity index (χ3n) is 4.08. The van der Waals surface area contributed by atoms with Crippen LogP contribution in [0.5, 0.6) is 0 Å². The summed E-state index contributed by atoms with van der Waals surface area (Å²) in [5, 5.41) is 12.7. The van der Waals surface area contributed by atoms with Gasteiger partial charge in [0.1, 0.15) is 0 Å². The highest BCUT2D eigenvalue weighted by atomic mass is 32.2. The van der Waals surface area contributed by atoms with Crippen LogP contribution >= 0.6 is 11.8 Å². The fraction of sp³-hybridized carbons (Fsp3) is 0.929. The summed E-state index contributed by atoms with van der Waals surface area (Å²) in [5.74, 6) is 2.72. The van der Waals surface area contributed by atoms with Gasteiger partial charge in [0, 0.05) is 17.1 Å². The molecule has 0 aromatic heterocycles. The SMILES string of the molecule is CCCCS[C@@](C)(C/C(=N\O)C1CC1)C1CC1. The molecule has 3 heteroatoms. The van der Waals surface area contributed by atoms with Gasteiger partial charge >= 0.3 is 0 Å². The Morgan fingerprint density at radius 2 is 2.06 bits per heavy atom. The summed E-state index contributed by atoms with van der Waals surface area (Å²) in [4.78, 5) is 0. The third kappa shape index (κ3) is 3.64. The number of nitrogens with zero attached hydrogens (tertiary/aromatic N) is 1. The maximum absolute atomic E-state index is 9.15. The summed E-state index contributed by atoms with van der Waals surface area (Å²) < 4.78 is 0.333.